The van der Waals surface area contributed by atoms with Gasteiger partial charge >= 0.3 is 6.18 Å². The molecule has 1 fully saturated rings. The second-order valence-electron chi connectivity index (χ2n) is 5.04. The number of carbonyl (C=O) groups excluding carboxylic acids is 1. The second kappa shape index (κ2) is 5.73. The van der Waals surface area contributed by atoms with Gasteiger partial charge in [-0.3, -0.25) is 4.79 Å². The zero-order valence-corrected chi connectivity index (χ0v) is 11.0. The Hall–Kier alpha value is -1.72. The molecule has 2 rings (SSSR count). The lowest BCUT2D eigenvalue weighted by molar-refractivity contribution is -0.139. The van der Waals surface area contributed by atoms with Crippen LogP contribution in [0.15, 0.2) is 18.2 Å². The number of nitrogens with zero attached hydrogens (tertiary/aromatic N) is 1. The Morgan fingerprint density at radius 1 is 1.20 bits per heavy atom. The minimum atomic E-state index is -4.46. The molecule has 6 heteroatoms. The molecule has 1 heterocycles. The summed E-state index contributed by atoms with van der Waals surface area (Å²) in [5, 5.41) is 0. The SMILES string of the molecule is Nc1ccc(CN2CCCCCC2=O)c(C(F)(F)F)c1. The number of rotatable bonds is 2. The molecule has 0 spiro atoms. The molecule has 0 radical (unpaired) electrons. The van der Waals surface area contributed by atoms with Crippen LogP contribution in [0.1, 0.15) is 36.8 Å². The minimum absolute atomic E-state index is 0.00600. The maximum absolute atomic E-state index is 13.0. The summed E-state index contributed by atoms with van der Waals surface area (Å²) < 4.78 is 39.0. The number of hydrogen-bond acceptors (Lipinski definition) is 2. The molecule has 1 saturated heterocycles. The fourth-order valence-electron chi connectivity index (χ4n) is 2.41. The molecule has 0 unspecified atom stereocenters. The number of anilines is 1. The van der Waals surface area contributed by atoms with Crippen molar-refractivity contribution in [2.24, 2.45) is 0 Å². The molecule has 3 nitrogen and oxygen atoms in total. The van der Waals surface area contributed by atoms with Gasteiger partial charge in [0, 0.05) is 25.2 Å². The molecule has 20 heavy (non-hydrogen) atoms. The predicted octanol–water partition coefficient (Wildman–Crippen LogP) is 3.19. The largest absolute Gasteiger partial charge is 0.416 e. The Morgan fingerprint density at radius 2 is 1.95 bits per heavy atom. The van der Waals surface area contributed by atoms with Crippen molar-refractivity contribution in [2.75, 3.05) is 12.3 Å². The summed E-state index contributed by atoms with van der Waals surface area (Å²) in [5.41, 5.74) is 4.85. The lowest BCUT2D eigenvalue weighted by atomic mass is 10.1. The highest BCUT2D eigenvalue weighted by atomic mass is 19.4. The van der Waals surface area contributed by atoms with Gasteiger partial charge in [-0.2, -0.15) is 13.2 Å². The minimum Gasteiger partial charge on any atom is -0.399 e. The first kappa shape index (κ1) is 14.7. The van der Waals surface area contributed by atoms with Crippen LogP contribution in [0.2, 0.25) is 0 Å². The molecule has 0 bridgehead atoms. The standard InChI is InChI=1S/C14H17F3N2O/c15-14(16,17)12-8-11(18)6-5-10(12)9-19-7-3-1-2-4-13(19)20/h5-6,8H,1-4,7,9,18H2. The van der Waals surface area contributed by atoms with Crippen LogP contribution >= 0.6 is 0 Å². The third kappa shape index (κ3) is 3.43. The number of likely N-dealkylation sites (tertiary alicyclic amines) is 1. The smallest absolute Gasteiger partial charge is 0.399 e. The summed E-state index contributed by atoms with van der Waals surface area (Å²) in [6.45, 7) is 0.508. The highest BCUT2D eigenvalue weighted by Gasteiger charge is 2.34. The quantitative estimate of drug-likeness (QED) is 0.849. The van der Waals surface area contributed by atoms with Gasteiger partial charge in [-0.05, 0) is 30.5 Å². The average Bonchev–Trinajstić information content (AvgIpc) is 2.56. The van der Waals surface area contributed by atoms with Crippen LogP contribution in [-0.2, 0) is 17.5 Å². The summed E-state index contributed by atoms with van der Waals surface area (Å²) in [6, 6.07) is 3.72. The van der Waals surface area contributed by atoms with Crippen molar-refractivity contribution in [1.29, 1.82) is 0 Å². The van der Waals surface area contributed by atoms with E-state index in [0.29, 0.717) is 13.0 Å². The van der Waals surface area contributed by atoms with Gasteiger partial charge in [-0.25, -0.2) is 0 Å². The maximum Gasteiger partial charge on any atom is 0.416 e. The van der Waals surface area contributed by atoms with Gasteiger partial charge in [0.2, 0.25) is 5.91 Å². The number of hydrogen-bond donors (Lipinski definition) is 1. The first-order valence-electron chi connectivity index (χ1n) is 6.61. The number of alkyl halides is 3. The van der Waals surface area contributed by atoms with Gasteiger partial charge < -0.3 is 10.6 Å². The first-order valence-corrected chi connectivity index (χ1v) is 6.61. The first-order chi connectivity index (χ1) is 9.38. The zero-order valence-electron chi connectivity index (χ0n) is 11.0. The van der Waals surface area contributed by atoms with Gasteiger partial charge in [0.05, 0.1) is 5.56 Å². The molecule has 0 atom stereocenters. The van der Waals surface area contributed by atoms with E-state index in [1.807, 2.05) is 0 Å². The molecule has 1 aromatic rings. The van der Waals surface area contributed by atoms with Crippen LogP contribution in [0.25, 0.3) is 0 Å². The van der Waals surface area contributed by atoms with Crippen molar-refractivity contribution in [3.63, 3.8) is 0 Å². The van der Waals surface area contributed by atoms with Gasteiger partial charge in [0.1, 0.15) is 0 Å². The van der Waals surface area contributed by atoms with Gasteiger partial charge in [0.25, 0.3) is 0 Å². The number of halogens is 3. The van der Waals surface area contributed by atoms with E-state index in [2.05, 4.69) is 0 Å². The third-order valence-corrected chi connectivity index (χ3v) is 3.47. The summed E-state index contributed by atoms with van der Waals surface area (Å²) in [6.07, 6.45) is -1.46. The summed E-state index contributed by atoms with van der Waals surface area (Å²) in [5.74, 6) is -0.0764. The van der Waals surface area contributed by atoms with E-state index in [-0.39, 0.29) is 23.7 Å². The fourth-order valence-corrected chi connectivity index (χ4v) is 2.41. The monoisotopic (exact) mass is 286 g/mol. The highest BCUT2D eigenvalue weighted by molar-refractivity contribution is 5.76. The number of amides is 1. The normalized spacial score (nSPS) is 17.1. The number of nitrogens with two attached hydrogens (primary N) is 1. The average molecular weight is 286 g/mol. The topological polar surface area (TPSA) is 46.3 Å². The van der Waals surface area contributed by atoms with Crippen molar-refractivity contribution in [2.45, 2.75) is 38.4 Å². The van der Waals surface area contributed by atoms with Crippen LogP contribution in [0.3, 0.4) is 0 Å². The lowest BCUT2D eigenvalue weighted by Crippen LogP contribution is -2.30. The van der Waals surface area contributed by atoms with E-state index in [1.54, 1.807) is 0 Å². The van der Waals surface area contributed by atoms with Crippen molar-refractivity contribution in [3.8, 4) is 0 Å². The Balaban J connectivity index is 2.26. The van der Waals surface area contributed by atoms with Crippen LogP contribution in [0, 0.1) is 0 Å². The Morgan fingerprint density at radius 3 is 2.65 bits per heavy atom. The van der Waals surface area contributed by atoms with Crippen LogP contribution in [-0.4, -0.2) is 17.4 Å². The molecule has 0 saturated carbocycles. The molecule has 1 amide bonds. The van der Waals surface area contributed by atoms with Gasteiger partial charge in [0.15, 0.2) is 0 Å². The Bertz CT molecular complexity index is 500. The third-order valence-electron chi connectivity index (χ3n) is 3.47. The van der Waals surface area contributed by atoms with E-state index >= 15 is 0 Å². The fraction of sp³-hybridized carbons (Fsp3) is 0.500. The van der Waals surface area contributed by atoms with Gasteiger partial charge in [-0.15, -0.1) is 0 Å². The van der Waals surface area contributed by atoms with Crippen LogP contribution in [0.5, 0.6) is 0 Å². The summed E-state index contributed by atoms with van der Waals surface area (Å²) in [7, 11) is 0. The van der Waals surface area contributed by atoms with Crippen LogP contribution in [0.4, 0.5) is 18.9 Å². The molecule has 1 aliphatic rings. The predicted molar refractivity (Wildman–Crippen MR) is 69.7 cm³/mol. The number of benzene rings is 1. The summed E-state index contributed by atoms with van der Waals surface area (Å²) in [4.78, 5) is 13.4. The number of carbonyl (C=O) groups is 1. The van der Waals surface area contributed by atoms with E-state index in [0.717, 1.165) is 25.3 Å². The zero-order chi connectivity index (χ0) is 14.8. The van der Waals surface area contributed by atoms with E-state index < -0.39 is 11.7 Å². The summed E-state index contributed by atoms with van der Waals surface area (Å²) >= 11 is 0. The molecule has 110 valence electrons. The van der Waals surface area contributed by atoms with Gasteiger partial charge in [-0.1, -0.05) is 12.5 Å². The van der Waals surface area contributed by atoms with Crippen molar-refractivity contribution in [1.82, 2.24) is 4.90 Å². The Kier molecular flexibility index (Phi) is 4.20. The molecular formula is C14H17F3N2O. The number of nitrogen functional groups attached to an aromatic ring is 1. The van der Waals surface area contributed by atoms with E-state index in [1.165, 1.54) is 17.0 Å². The second-order valence-corrected chi connectivity index (χ2v) is 5.04. The lowest BCUT2D eigenvalue weighted by Gasteiger charge is -2.23. The maximum atomic E-state index is 13.0. The highest BCUT2D eigenvalue weighted by Crippen LogP contribution is 2.34. The van der Waals surface area contributed by atoms with Crippen molar-refractivity contribution >= 4 is 11.6 Å². The molecule has 1 aromatic carbocycles. The Labute approximate surface area is 115 Å². The molecule has 0 aliphatic carbocycles. The van der Waals surface area contributed by atoms with Crippen LogP contribution < -0.4 is 5.73 Å². The molecule has 2 N–H and O–H groups in total. The molecular weight excluding hydrogens is 269 g/mol. The molecule has 1 aliphatic heterocycles. The van der Waals surface area contributed by atoms with Crippen molar-refractivity contribution < 1.29 is 18.0 Å². The molecule has 0 aromatic heterocycles. The van der Waals surface area contributed by atoms with E-state index in [4.69, 9.17) is 5.73 Å². The van der Waals surface area contributed by atoms with Crippen molar-refractivity contribution in [3.05, 3.63) is 29.3 Å². The van der Waals surface area contributed by atoms with E-state index in [9.17, 15) is 18.0 Å².